The van der Waals surface area contributed by atoms with E-state index in [9.17, 15) is 9.59 Å². The molecular weight excluding hydrogens is 234 g/mol. The Morgan fingerprint density at radius 3 is 2.81 bits per heavy atom. The largest absolute Gasteiger partial charge is 0.478 e. The fourth-order valence-corrected chi connectivity index (χ4v) is 1.70. The number of anilines is 1. The summed E-state index contributed by atoms with van der Waals surface area (Å²) in [4.78, 5) is 23.6. The smallest absolute Gasteiger partial charge is 0.414 e. The van der Waals surface area contributed by atoms with Crippen LogP contribution in [0.4, 0.5) is 10.5 Å². The molecule has 1 heterocycles. The van der Waals surface area contributed by atoms with Crippen molar-refractivity contribution in [2.24, 2.45) is 0 Å². The standard InChI is InChI=1S/C10H8ClNO4/c11-6-1-2-8(7(5-6)9(13)14)12-3-4-16-10(12)15/h1-2,5H,3-4H2,(H,13,14). The number of hydrogen-bond acceptors (Lipinski definition) is 3. The van der Waals surface area contributed by atoms with Crippen molar-refractivity contribution in [2.75, 3.05) is 18.1 Å². The number of nitrogens with zero attached hydrogens (tertiary/aromatic N) is 1. The predicted molar refractivity (Wildman–Crippen MR) is 57.1 cm³/mol. The van der Waals surface area contributed by atoms with E-state index in [2.05, 4.69) is 0 Å². The van der Waals surface area contributed by atoms with Crippen LogP contribution in [0.1, 0.15) is 10.4 Å². The third-order valence-corrected chi connectivity index (χ3v) is 2.48. The summed E-state index contributed by atoms with van der Waals surface area (Å²) in [5.41, 5.74) is 0.297. The number of aromatic carboxylic acids is 1. The molecule has 0 spiro atoms. The van der Waals surface area contributed by atoms with Gasteiger partial charge in [-0.25, -0.2) is 9.59 Å². The molecule has 1 saturated heterocycles. The van der Waals surface area contributed by atoms with Crippen LogP contribution in [-0.2, 0) is 4.74 Å². The van der Waals surface area contributed by atoms with E-state index in [0.717, 1.165) is 0 Å². The minimum absolute atomic E-state index is 0.00801. The van der Waals surface area contributed by atoms with Crippen LogP contribution >= 0.6 is 11.6 Å². The lowest BCUT2D eigenvalue weighted by Crippen LogP contribution is -2.25. The molecule has 1 aliphatic rings. The highest BCUT2D eigenvalue weighted by Crippen LogP contribution is 2.26. The van der Waals surface area contributed by atoms with Gasteiger partial charge in [-0.15, -0.1) is 0 Å². The molecule has 0 radical (unpaired) electrons. The van der Waals surface area contributed by atoms with Gasteiger partial charge in [-0.1, -0.05) is 11.6 Å². The van der Waals surface area contributed by atoms with Crippen LogP contribution in [0, 0.1) is 0 Å². The van der Waals surface area contributed by atoms with Crippen LogP contribution in [0.5, 0.6) is 0 Å². The molecule has 84 valence electrons. The lowest BCUT2D eigenvalue weighted by Gasteiger charge is -2.15. The summed E-state index contributed by atoms with van der Waals surface area (Å²) >= 11 is 5.71. The number of rotatable bonds is 2. The van der Waals surface area contributed by atoms with Crippen molar-refractivity contribution >= 4 is 29.4 Å². The molecule has 1 aliphatic heterocycles. The van der Waals surface area contributed by atoms with Gasteiger partial charge in [-0.2, -0.15) is 0 Å². The Kier molecular flexibility index (Phi) is 2.70. The monoisotopic (exact) mass is 241 g/mol. The van der Waals surface area contributed by atoms with Crippen molar-refractivity contribution in [3.63, 3.8) is 0 Å². The molecule has 0 unspecified atom stereocenters. The molecule has 16 heavy (non-hydrogen) atoms. The van der Waals surface area contributed by atoms with Gasteiger partial charge < -0.3 is 9.84 Å². The van der Waals surface area contributed by atoms with Crippen molar-refractivity contribution < 1.29 is 19.4 Å². The molecular formula is C10H8ClNO4. The van der Waals surface area contributed by atoms with Gasteiger partial charge in [-0.3, -0.25) is 4.90 Å². The number of carbonyl (C=O) groups is 2. The second-order valence-electron chi connectivity index (χ2n) is 3.23. The average molecular weight is 242 g/mol. The molecule has 1 aromatic rings. The second kappa shape index (κ2) is 4.02. The van der Waals surface area contributed by atoms with Crippen molar-refractivity contribution in [1.29, 1.82) is 0 Å². The Bertz CT molecular complexity index is 460. The third-order valence-electron chi connectivity index (χ3n) is 2.24. The van der Waals surface area contributed by atoms with E-state index in [1.54, 1.807) is 0 Å². The topological polar surface area (TPSA) is 66.8 Å². The number of halogens is 1. The van der Waals surface area contributed by atoms with Gasteiger partial charge in [0.1, 0.15) is 6.61 Å². The van der Waals surface area contributed by atoms with Gasteiger partial charge in [-0.05, 0) is 18.2 Å². The summed E-state index contributed by atoms with van der Waals surface area (Å²) in [7, 11) is 0. The Balaban J connectivity index is 2.47. The number of cyclic esters (lactones) is 1. The maximum Gasteiger partial charge on any atom is 0.414 e. The first kappa shape index (κ1) is 10.8. The van der Waals surface area contributed by atoms with Crippen molar-refractivity contribution in [1.82, 2.24) is 0 Å². The maximum atomic E-state index is 11.3. The van der Waals surface area contributed by atoms with Gasteiger partial charge in [0.05, 0.1) is 17.8 Å². The summed E-state index contributed by atoms with van der Waals surface area (Å²) in [6.07, 6.45) is -0.537. The van der Waals surface area contributed by atoms with Gasteiger partial charge in [0, 0.05) is 5.02 Å². The minimum atomic E-state index is -1.13. The van der Waals surface area contributed by atoms with E-state index >= 15 is 0 Å². The third kappa shape index (κ3) is 1.81. The molecule has 0 aliphatic carbocycles. The lowest BCUT2D eigenvalue weighted by atomic mass is 10.1. The first-order chi connectivity index (χ1) is 7.59. The number of carboxylic acids is 1. The van der Waals surface area contributed by atoms with Gasteiger partial charge >= 0.3 is 12.1 Å². The summed E-state index contributed by atoms with van der Waals surface area (Å²) in [5.74, 6) is -1.13. The van der Waals surface area contributed by atoms with Gasteiger partial charge in [0.15, 0.2) is 0 Å². The zero-order valence-electron chi connectivity index (χ0n) is 8.14. The number of carboxylic acid groups (broad SMARTS) is 1. The molecule has 5 nitrogen and oxygen atoms in total. The minimum Gasteiger partial charge on any atom is -0.478 e. The Morgan fingerprint density at radius 2 is 2.25 bits per heavy atom. The molecule has 1 fully saturated rings. The zero-order chi connectivity index (χ0) is 11.7. The number of carbonyl (C=O) groups excluding carboxylic acids is 1. The van der Waals surface area contributed by atoms with Crippen LogP contribution in [0.3, 0.4) is 0 Å². The van der Waals surface area contributed by atoms with Crippen LogP contribution in [-0.4, -0.2) is 30.3 Å². The molecule has 0 aromatic heterocycles. The van der Waals surface area contributed by atoms with Crippen LogP contribution in [0.2, 0.25) is 5.02 Å². The zero-order valence-corrected chi connectivity index (χ0v) is 8.90. The van der Waals surface area contributed by atoms with Crippen molar-refractivity contribution in [2.45, 2.75) is 0 Å². The van der Waals surface area contributed by atoms with Crippen molar-refractivity contribution in [3.05, 3.63) is 28.8 Å². The van der Waals surface area contributed by atoms with Crippen LogP contribution in [0.25, 0.3) is 0 Å². The van der Waals surface area contributed by atoms with Crippen molar-refractivity contribution in [3.8, 4) is 0 Å². The van der Waals surface area contributed by atoms with Crippen LogP contribution < -0.4 is 4.90 Å². The molecule has 2 rings (SSSR count). The average Bonchev–Trinajstić information content (AvgIpc) is 2.64. The highest BCUT2D eigenvalue weighted by molar-refractivity contribution is 6.31. The maximum absolute atomic E-state index is 11.3. The predicted octanol–water partition coefficient (Wildman–Crippen LogP) is 1.99. The first-order valence-electron chi connectivity index (χ1n) is 4.57. The SMILES string of the molecule is O=C(O)c1cc(Cl)ccc1N1CCOC1=O. The fraction of sp³-hybridized carbons (Fsp3) is 0.200. The van der Waals surface area contributed by atoms with Gasteiger partial charge in [0.25, 0.3) is 0 Å². The normalized spacial score (nSPS) is 15.1. The van der Waals surface area contributed by atoms with Crippen LogP contribution in [0.15, 0.2) is 18.2 Å². The summed E-state index contributed by atoms with van der Waals surface area (Å²) < 4.78 is 4.75. The molecule has 1 N–H and O–H groups in total. The fourth-order valence-electron chi connectivity index (χ4n) is 1.53. The van der Waals surface area contributed by atoms with E-state index in [1.807, 2.05) is 0 Å². The Morgan fingerprint density at radius 1 is 1.50 bits per heavy atom. The van der Waals surface area contributed by atoms with E-state index < -0.39 is 12.1 Å². The highest BCUT2D eigenvalue weighted by Gasteiger charge is 2.27. The molecule has 0 saturated carbocycles. The van der Waals surface area contributed by atoms with E-state index in [-0.39, 0.29) is 12.2 Å². The number of benzene rings is 1. The molecule has 0 atom stereocenters. The molecule has 1 amide bonds. The highest BCUT2D eigenvalue weighted by atomic mass is 35.5. The van der Waals surface area contributed by atoms with Gasteiger partial charge in [0.2, 0.25) is 0 Å². The summed E-state index contributed by atoms with van der Waals surface area (Å²) in [5, 5.41) is 9.31. The quantitative estimate of drug-likeness (QED) is 0.860. The Hall–Kier alpha value is -1.75. The second-order valence-corrected chi connectivity index (χ2v) is 3.67. The van der Waals surface area contributed by atoms with E-state index in [4.69, 9.17) is 21.4 Å². The van der Waals surface area contributed by atoms with E-state index in [0.29, 0.717) is 17.3 Å². The molecule has 0 bridgehead atoms. The summed E-state index contributed by atoms with van der Waals surface area (Å²) in [6, 6.07) is 4.35. The van der Waals surface area contributed by atoms with E-state index in [1.165, 1.54) is 23.1 Å². The molecule has 1 aromatic carbocycles. The first-order valence-corrected chi connectivity index (χ1v) is 4.94. The number of amides is 1. The Labute approximate surface area is 96.2 Å². The summed E-state index contributed by atoms with van der Waals surface area (Å²) in [6.45, 7) is 0.612. The number of hydrogen-bond donors (Lipinski definition) is 1. The number of ether oxygens (including phenoxy) is 1. The molecule has 6 heteroatoms. The lowest BCUT2D eigenvalue weighted by molar-refractivity contribution is 0.0697.